The summed E-state index contributed by atoms with van der Waals surface area (Å²) in [5.41, 5.74) is 0. The maximum Gasteiger partial charge on any atom is 0.460 e. The molecule has 1 aliphatic heterocycles. The van der Waals surface area contributed by atoms with Crippen molar-refractivity contribution in [2.24, 2.45) is 0 Å². The zero-order valence-corrected chi connectivity index (χ0v) is 16.7. The molecule has 26 heavy (non-hydrogen) atoms. The second-order valence-electron chi connectivity index (χ2n) is 5.08. The lowest BCUT2D eigenvalue weighted by Crippen LogP contribution is -2.62. The van der Waals surface area contributed by atoms with Crippen LogP contribution in [0.4, 0.5) is 30.7 Å². The highest BCUT2D eigenvalue weighted by molar-refractivity contribution is 14.1. The molecule has 0 aromatic carbocycles. The molecule has 154 valence electrons. The van der Waals surface area contributed by atoms with Crippen molar-refractivity contribution in [2.45, 2.75) is 24.4 Å². The lowest BCUT2D eigenvalue weighted by molar-refractivity contribution is -0.346. The fourth-order valence-electron chi connectivity index (χ4n) is 2.08. The van der Waals surface area contributed by atoms with Crippen LogP contribution in [-0.4, -0.2) is 69.8 Å². The third kappa shape index (κ3) is 4.48. The highest BCUT2D eigenvalue weighted by Crippen LogP contribution is 2.62. The van der Waals surface area contributed by atoms with Gasteiger partial charge in [0.05, 0.1) is 19.7 Å². The van der Waals surface area contributed by atoms with E-state index in [1.54, 1.807) is 0 Å². The zero-order chi connectivity index (χ0) is 20.4. The molecular formula is C11H14ClF7IN2O3P. The molecule has 1 aliphatic rings. The van der Waals surface area contributed by atoms with E-state index in [1.165, 1.54) is 0 Å². The van der Waals surface area contributed by atoms with Gasteiger partial charge in [0.25, 0.3) is 8.02 Å². The summed E-state index contributed by atoms with van der Waals surface area (Å²) in [4.78, 5) is 24.9. The molecule has 1 rings (SSSR count). The maximum absolute atomic E-state index is 13.8. The SMILES string of the molecule is O=C(N1CCCO[P+]1([O-])N(CCCl)CCI)C(F)(F)C(F)(F)C(F)(F)F. The highest BCUT2D eigenvalue weighted by Gasteiger charge is 2.78. The first kappa shape index (κ1) is 24.3. The Morgan fingerprint density at radius 2 is 1.81 bits per heavy atom. The van der Waals surface area contributed by atoms with E-state index in [1.807, 2.05) is 22.6 Å². The van der Waals surface area contributed by atoms with Crippen LogP contribution in [0.5, 0.6) is 0 Å². The first-order chi connectivity index (χ1) is 11.8. The minimum absolute atomic E-state index is 0.0738. The van der Waals surface area contributed by atoms with Crippen LogP contribution in [0.15, 0.2) is 0 Å². The lowest BCUT2D eigenvalue weighted by Gasteiger charge is -2.46. The fourth-order valence-corrected chi connectivity index (χ4v) is 5.79. The Labute approximate surface area is 163 Å². The van der Waals surface area contributed by atoms with E-state index < -0.39 is 38.5 Å². The normalized spacial score (nSPS) is 22.8. The summed E-state index contributed by atoms with van der Waals surface area (Å²) >= 11 is 7.35. The van der Waals surface area contributed by atoms with Crippen molar-refractivity contribution in [3.05, 3.63) is 0 Å². The van der Waals surface area contributed by atoms with E-state index in [0.29, 0.717) is 0 Å². The van der Waals surface area contributed by atoms with Crippen LogP contribution in [-0.2, 0) is 9.32 Å². The topological polar surface area (TPSA) is 55.8 Å². The van der Waals surface area contributed by atoms with E-state index >= 15 is 0 Å². The van der Waals surface area contributed by atoms with E-state index in [4.69, 9.17) is 16.1 Å². The first-order valence-electron chi connectivity index (χ1n) is 7.04. The predicted octanol–water partition coefficient (Wildman–Crippen LogP) is 3.08. The minimum Gasteiger partial charge on any atom is -0.621 e. The fraction of sp³-hybridized carbons (Fsp3) is 0.909. The van der Waals surface area contributed by atoms with E-state index in [0.717, 1.165) is 4.67 Å². The number of halogens is 9. The molecule has 0 bridgehead atoms. The molecule has 1 amide bonds. The third-order valence-electron chi connectivity index (χ3n) is 3.37. The third-order valence-corrected chi connectivity index (χ3v) is 6.65. The second-order valence-corrected chi connectivity index (χ2v) is 8.83. The average molecular weight is 549 g/mol. The molecule has 0 spiro atoms. The van der Waals surface area contributed by atoms with Gasteiger partial charge in [-0.25, -0.2) is 0 Å². The molecule has 0 saturated carbocycles. The van der Waals surface area contributed by atoms with Gasteiger partial charge in [0, 0.05) is 16.9 Å². The maximum atomic E-state index is 13.8. The molecule has 1 atom stereocenters. The molecule has 0 radical (unpaired) electrons. The highest BCUT2D eigenvalue weighted by atomic mass is 127. The Bertz CT molecular complexity index is 511. The number of amides is 1. The summed E-state index contributed by atoms with van der Waals surface area (Å²) in [7, 11) is -4.59. The average Bonchev–Trinajstić information content (AvgIpc) is 2.53. The molecule has 15 heteroatoms. The summed E-state index contributed by atoms with van der Waals surface area (Å²) in [6.07, 6.45) is -6.84. The van der Waals surface area contributed by atoms with Crippen LogP contribution in [0.25, 0.3) is 0 Å². The van der Waals surface area contributed by atoms with Crippen molar-refractivity contribution in [3.63, 3.8) is 0 Å². The van der Waals surface area contributed by atoms with Gasteiger partial charge < -0.3 is 4.89 Å². The molecule has 0 aliphatic carbocycles. The Kier molecular flexibility index (Phi) is 8.21. The van der Waals surface area contributed by atoms with E-state index in [2.05, 4.69) is 0 Å². The van der Waals surface area contributed by atoms with Crippen molar-refractivity contribution >= 4 is 48.1 Å². The van der Waals surface area contributed by atoms with Crippen molar-refractivity contribution in [1.29, 1.82) is 0 Å². The van der Waals surface area contributed by atoms with Crippen LogP contribution in [0.3, 0.4) is 0 Å². The van der Waals surface area contributed by atoms with Crippen LogP contribution >= 0.6 is 42.2 Å². The lowest BCUT2D eigenvalue weighted by atomic mass is 10.1. The smallest absolute Gasteiger partial charge is 0.460 e. The first-order valence-corrected chi connectivity index (χ1v) is 10.6. The molecule has 1 saturated heterocycles. The van der Waals surface area contributed by atoms with Gasteiger partial charge in [0.1, 0.15) is 0 Å². The standard InChI is InChI=1S/C11H14ClF7IN2O3P/c12-2-5-21(6-3-20)26(24)22(4-1-7-25-26)8(23)9(13,14)10(15,16)11(17,18)19/h1-7H2. The molecule has 0 aromatic heterocycles. The van der Waals surface area contributed by atoms with Gasteiger partial charge in [-0.3, -0.25) is 4.79 Å². The molecule has 0 aromatic rings. The van der Waals surface area contributed by atoms with Crippen molar-refractivity contribution in [3.8, 4) is 0 Å². The number of carbonyl (C=O) groups is 1. The van der Waals surface area contributed by atoms with Crippen molar-refractivity contribution < 1.29 is 44.9 Å². The molecule has 5 nitrogen and oxygen atoms in total. The quantitative estimate of drug-likeness (QED) is 0.213. The summed E-state index contributed by atoms with van der Waals surface area (Å²) in [6, 6.07) is 0. The van der Waals surface area contributed by atoms with Crippen LogP contribution in [0, 0.1) is 0 Å². The van der Waals surface area contributed by atoms with Crippen LogP contribution in [0.2, 0.25) is 0 Å². The van der Waals surface area contributed by atoms with Gasteiger partial charge in [-0.2, -0.15) is 39.9 Å². The molecule has 1 unspecified atom stereocenters. The summed E-state index contributed by atoms with van der Waals surface area (Å²) < 4.78 is 96.7. The van der Waals surface area contributed by atoms with E-state index in [-0.39, 0.29) is 41.1 Å². The second kappa shape index (κ2) is 8.76. The van der Waals surface area contributed by atoms with Gasteiger partial charge in [-0.1, -0.05) is 22.6 Å². The predicted molar refractivity (Wildman–Crippen MR) is 86.3 cm³/mol. The van der Waals surface area contributed by atoms with Gasteiger partial charge in [0.2, 0.25) is 0 Å². The minimum atomic E-state index is -6.68. The largest absolute Gasteiger partial charge is 0.621 e. The number of hydrogen-bond acceptors (Lipinski definition) is 4. The molecule has 1 fully saturated rings. The Balaban J connectivity index is 3.29. The molecule has 1 heterocycles. The van der Waals surface area contributed by atoms with E-state index in [9.17, 15) is 40.4 Å². The molecule has 0 N–H and O–H groups in total. The monoisotopic (exact) mass is 548 g/mol. The van der Waals surface area contributed by atoms with Crippen molar-refractivity contribution in [2.75, 3.05) is 36.5 Å². The number of hydrogen-bond donors (Lipinski definition) is 0. The number of rotatable bonds is 7. The summed E-state index contributed by atoms with van der Waals surface area (Å²) in [5, 5.41) is 0. The number of alkyl halides is 9. The number of carbonyl (C=O) groups excluding carboxylic acids is 1. The van der Waals surface area contributed by atoms with Crippen LogP contribution in [0.1, 0.15) is 6.42 Å². The van der Waals surface area contributed by atoms with Gasteiger partial charge >= 0.3 is 23.9 Å². The Hall–Kier alpha value is 0.310. The Morgan fingerprint density at radius 3 is 2.27 bits per heavy atom. The Morgan fingerprint density at radius 1 is 1.23 bits per heavy atom. The van der Waals surface area contributed by atoms with Crippen LogP contribution < -0.4 is 4.89 Å². The van der Waals surface area contributed by atoms with Gasteiger partial charge in [0.15, 0.2) is 0 Å². The van der Waals surface area contributed by atoms with Crippen molar-refractivity contribution in [1.82, 2.24) is 9.34 Å². The summed E-state index contributed by atoms with van der Waals surface area (Å²) in [5.74, 6) is -15.9. The molecular weight excluding hydrogens is 534 g/mol. The van der Waals surface area contributed by atoms with Gasteiger partial charge in [-0.15, -0.1) is 16.3 Å². The number of nitrogens with zero attached hydrogens (tertiary/aromatic N) is 2. The summed E-state index contributed by atoms with van der Waals surface area (Å²) in [6.45, 7) is -1.26. The van der Waals surface area contributed by atoms with Gasteiger partial charge in [-0.05, 0) is 6.42 Å². The zero-order valence-electron chi connectivity index (χ0n) is 12.9.